The summed E-state index contributed by atoms with van der Waals surface area (Å²) < 4.78 is 21.7. The summed E-state index contributed by atoms with van der Waals surface area (Å²) in [6, 6.07) is 0. The summed E-state index contributed by atoms with van der Waals surface area (Å²) in [5, 5.41) is 17.8. The monoisotopic (exact) mass is 350 g/mol. The van der Waals surface area contributed by atoms with E-state index < -0.39 is 39.5 Å². The molecule has 0 aromatic carbocycles. The highest BCUT2D eigenvalue weighted by Crippen LogP contribution is 2.40. The maximum atomic E-state index is 10.9. The minimum absolute atomic E-state index is 0.0914. The van der Waals surface area contributed by atoms with Gasteiger partial charge in [-0.1, -0.05) is 0 Å². The molecule has 0 spiro atoms. The fourth-order valence-corrected chi connectivity index (χ4v) is 3.23. The minimum Gasteiger partial charge on any atom is -0.478 e. The Balaban J connectivity index is 4.40. The van der Waals surface area contributed by atoms with Gasteiger partial charge in [0.05, 0.1) is 0 Å². The highest BCUT2D eigenvalue weighted by molar-refractivity contribution is 7.52. The molecule has 0 aliphatic heterocycles. The van der Waals surface area contributed by atoms with Gasteiger partial charge in [-0.25, -0.2) is 4.79 Å². The molecule has 0 aromatic heterocycles. The van der Waals surface area contributed by atoms with Crippen molar-refractivity contribution in [3.8, 4) is 0 Å². The number of aliphatic hydroxyl groups is 1. The maximum Gasteiger partial charge on any atom is 0.350 e. The second-order valence-electron chi connectivity index (χ2n) is 4.69. The van der Waals surface area contributed by atoms with Crippen LogP contribution in [0.3, 0.4) is 0 Å². The van der Waals surface area contributed by atoms with Crippen LogP contribution < -0.4 is 5.73 Å². The van der Waals surface area contributed by atoms with Gasteiger partial charge in [-0.3, -0.25) is 19.8 Å². The first-order valence-corrected chi connectivity index (χ1v) is 9.39. The van der Waals surface area contributed by atoms with Crippen LogP contribution in [0.1, 0.15) is 19.3 Å². The van der Waals surface area contributed by atoms with E-state index in [-0.39, 0.29) is 25.8 Å². The Labute approximate surface area is 120 Å². The largest absolute Gasteiger partial charge is 0.478 e. The molecule has 0 fully saturated rings. The summed E-state index contributed by atoms with van der Waals surface area (Å²) in [6.07, 6.45) is -1.72. The molecule has 0 aliphatic rings. The zero-order valence-corrected chi connectivity index (χ0v) is 12.9. The summed E-state index contributed by atoms with van der Waals surface area (Å²) in [6.45, 7) is -0.0914. The van der Waals surface area contributed by atoms with Crippen molar-refractivity contribution in [3.63, 3.8) is 0 Å². The Morgan fingerprint density at radius 3 is 1.81 bits per heavy atom. The predicted octanol–water partition coefficient (Wildman–Crippen LogP) is -1.54. The van der Waals surface area contributed by atoms with Gasteiger partial charge in [0.15, 0.2) is 0 Å². The van der Waals surface area contributed by atoms with E-state index in [1.165, 1.54) is 0 Å². The van der Waals surface area contributed by atoms with Gasteiger partial charge in [-0.15, -0.1) is 0 Å². The van der Waals surface area contributed by atoms with Crippen molar-refractivity contribution < 1.29 is 43.7 Å². The summed E-state index contributed by atoms with van der Waals surface area (Å²) in [5.41, 5.74) is 2.67. The molecule has 0 aromatic rings. The molecule has 8 N–H and O–H groups in total. The van der Waals surface area contributed by atoms with Gasteiger partial charge in [-0.05, 0) is 19.4 Å². The number of carboxylic acids is 1. The highest BCUT2D eigenvalue weighted by Gasteiger charge is 2.30. The molecule has 0 radical (unpaired) electrons. The van der Waals surface area contributed by atoms with Crippen molar-refractivity contribution >= 4 is 21.2 Å². The molecule has 0 aliphatic carbocycles. The van der Waals surface area contributed by atoms with Crippen molar-refractivity contribution in [2.75, 3.05) is 19.1 Å². The number of nitrogens with two attached hydrogens (primary N) is 1. The first-order chi connectivity index (χ1) is 9.23. The second kappa shape index (κ2) is 7.77. The van der Waals surface area contributed by atoms with E-state index in [4.69, 9.17) is 30.4 Å². The van der Waals surface area contributed by atoms with Crippen LogP contribution in [0, 0.1) is 0 Å². The van der Waals surface area contributed by atoms with Crippen LogP contribution in [0.2, 0.25) is 0 Å². The van der Waals surface area contributed by atoms with E-state index in [1.54, 1.807) is 0 Å². The molecule has 13 heteroatoms. The van der Waals surface area contributed by atoms with Gasteiger partial charge in [0.1, 0.15) is 12.6 Å². The smallest absolute Gasteiger partial charge is 0.350 e. The molecule has 0 rings (SSSR count). The van der Waals surface area contributed by atoms with Crippen LogP contribution in [0.25, 0.3) is 0 Å². The van der Waals surface area contributed by atoms with Crippen molar-refractivity contribution in [1.82, 2.24) is 4.90 Å². The van der Waals surface area contributed by atoms with E-state index in [0.717, 1.165) is 4.90 Å². The molecule has 11 nitrogen and oxygen atoms in total. The second-order valence-corrected chi connectivity index (χ2v) is 7.92. The summed E-state index contributed by atoms with van der Waals surface area (Å²) >= 11 is 0. The number of nitrogens with zero attached hydrogens (tertiary/aromatic N) is 1. The van der Waals surface area contributed by atoms with Gasteiger partial charge < -0.3 is 29.8 Å². The molecule has 0 bridgehead atoms. The van der Waals surface area contributed by atoms with Crippen LogP contribution in [-0.4, -0.2) is 65.5 Å². The lowest BCUT2D eigenvalue weighted by atomic mass is 10.1. The zero-order chi connectivity index (χ0) is 16.9. The van der Waals surface area contributed by atoms with E-state index in [1.807, 2.05) is 0 Å². The highest BCUT2D eigenvalue weighted by atomic mass is 31.2. The van der Waals surface area contributed by atoms with Crippen molar-refractivity contribution in [2.45, 2.75) is 25.0 Å². The number of unbranched alkanes of at least 4 members (excludes halogenated alkanes) is 1. The summed E-state index contributed by atoms with van der Waals surface area (Å²) in [7, 11) is -8.98. The Bertz CT molecular complexity index is 419. The van der Waals surface area contributed by atoms with Gasteiger partial charge in [0.25, 0.3) is 0 Å². The van der Waals surface area contributed by atoms with E-state index >= 15 is 0 Å². The van der Waals surface area contributed by atoms with E-state index in [9.17, 15) is 19.0 Å². The molecule has 0 saturated heterocycles. The molecular weight excluding hydrogens is 330 g/mol. The number of aliphatic carboxylic acids is 1. The molecule has 0 heterocycles. The maximum absolute atomic E-state index is 10.9. The summed E-state index contributed by atoms with van der Waals surface area (Å²) in [5.74, 6) is -1.61. The van der Waals surface area contributed by atoms with Crippen LogP contribution in [-0.2, 0) is 13.9 Å². The first kappa shape index (κ1) is 20.6. The van der Waals surface area contributed by atoms with Crippen molar-refractivity contribution in [1.29, 1.82) is 0 Å². The number of carboxylic acid groups (broad SMARTS) is 1. The fourth-order valence-electron chi connectivity index (χ4n) is 1.54. The standard InChI is InChI=1S/C8H20N2O9P2/c9-8(13,7(11)12)3-1-2-4-10(5-20(14,15)16)6-21(17,18)19/h13H,1-6,9H2,(H,11,12)(H2,14,15,16)(H2,17,18,19). The average Bonchev–Trinajstić information content (AvgIpc) is 2.19. The lowest BCUT2D eigenvalue weighted by Crippen LogP contribution is -2.47. The topological polar surface area (TPSA) is 202 Å². The Morgan fingerprint density at radius 1 is 1.05 bits per heavy atom. The quantitative estimate of drug-likeness (QED) is 0.137. The molecule has 21 heavy (non-hydrogen) atoms. The third-order valence-electron chi connectivity index (χ3n) is 2.42. The van der Waals surface area contributed by atoms with Crippen LogP contribution in [0.4, 0.5) is 0 Å². The molecule has 0 saturated carbocycles. The van der Waals surface area contributed by atoms with Crippen LogP contribution >= 0.6 is 15.2 Å². The number of hydrogen-bond acceptors (Lipinski definition) is 6. The molecule has 1 unspecified atom stereocenters. The van der Waals surface area contributed by atoms with E-state index in [2.05, 4.69) is 0 Å². The number of rotatable bonds is 10. The fraction of sp³-hybridized carbons (Fsp3) is 0.875. The Kier molecular flexibility index (Phi) is 7.64. The Hall–Kier alpha value is -0.350. The molecule has 126 valence electrons. The van der Waals surface area contributed by atoms with Gasteiger partial charge in [0, 0.05) is 6.42 Å². The molecule has 1 atom stereocenters. The van der Waals surface area contributed by atoms with Gasteiger partial charge in [-0.2, -0.15) is 0 Å². The van der Waals surface area contributed by atoms with Crippen molar-refractivity contribution in [2.24, 2.45) is 5.73 Å². The van der Waals surface area contributed by atoms with E-state index in [0.29, 0.717) is 0 Å². The average molecular weight is 350 g/mol. The van der Waals surface area contributed by atoms with Gasteiger partial charge >= 0.3 is 21.2 Å². The SMILES string of the molecule is NC(O)(CCCCN(CP(=O)(O)O)CP(=O)(O)O)C(=O)O. The predicted molar refractivity (Wildman–Crippen MR) is 71.2 cm³/mol. The summed E-state index contributed by atoms with van der Waals surface area (Å²) in [4.78, 5) is 46.7. The molecular formula is C8H20N2O9P2. The number of carbonyl (C=O) groups is 1. The van der Waals surface area contributed by atoms with Gasteiger partial charge in [0.2, 0.25) is 5.72 Å². The normalized spacial score (nSPS) is 16.0. The Morgan fingerprint density at radius 2 is 1.48 bits per heavy atom. The zero-order valence-electron chi connectivity index (χ0n) is 11.1. The molecule has 0 amide bonds. The number of hydrogen-bond donors (Lipinski definition) is 7. The minimum atomic E-state index is -4.49. The first-order valence-electron chi connectivity index (χ1n) is 5.79. The third-order valence-corrected chi connectivity index (χ3v) is 3.96. The lowest BCUT2D eigenvalue weighted by Gasteiger charge is -2.23. The van der Waals surface area contributed by atoms with Crippen LogP contribution in [0.5, 0.6) is 0 Å². The lowest BCUT2D eigenvalue weighted by molar-refractivity contribution is -0.158. The third kappa shape index (κ3) is 10.9. The van der Waals surface area contributed by atoms with Crippen LogP contribution in [0.15, 0.2) is 0 Å². The van der Waals surface area contributed by atoms with Crippen molar-refractivity contribution in [3.05, 3.63) is 0 Å².